The molecule has 0 heterocycles. The van der Waals surface area contributed by atoms with E-state index in [1.54, 1.807) is 0 Å². The first-order valence-electron chi connectivity index (χ1n) is 8.90. The minimum atomic E-state index is -0.0518. The zero-order valence-corrected chi connectivity index (χ0v) is 14.5. The van der Waals surface area contributed by atoms with E-state index in [2.05, 4.69) is 0 Å². The molecule has 2 heteroatoms. The van der Waals surface area contributed by atoms with Crippen LogP contribution in [0.3, 0.4) is 0 Å². The lowest BCUT2D eigenvalue weighted by Gasteiger charge is -2.23. The van der Waals surface area contributed by atoms with Crippen molar-refractivity contribution in [3.8, 4) is 0 Å². The molecule has 2 nitrogen and oxygen atoms in total. The van der Waals surface area contributed by atoms with Gasteiger partial charge in [-0.3, -0.25) is 4.79 Å². The number of allylic oxidation sites excluding steroid dienone is 4. The average molecular weight is 348 g/mol. The maximum Gasteiger partial charge on any atom is 0.195 e. The molecule has 1 N–H and O–H groups in total. The van der Waals surface area contributed by atoms with Crippen molar-refractivity contribution < 1.29 is 9.90 Å². The van der Waals surface area contributed by atoms with Gasteiger partial charge in [-0.15, -0.1) is 0 Å². The summed E-state index contributed by atoms with van der Waals surface area (Å²) in [5.74, 6) is 0.111. The molecule has 0 aliphatic heterocycles. The predicted molar refractivity (Wildman–Crippen MR) is 109 cm³/mol. The summed E-state index contributed by atoms with van der Waals surface area (Å²) < 4.78 is 0. The largest absolute Gasteiger partial charge is 0.507 e. The SMILES string of the molecule is O=C1C2=Cc3ccccc3C2=C(O)C(c2ccccc2)=C1c1ccccc1. The summed E-state index contributed by atoms with van der Waals surface area (Å²) >= 11 is 0. The van der Waals surface area contributed by atoms with Gasteiger partial charge in [0.25, 0.3) is 0 Å². The van der Waals surface area contributed by atoms with Crippen molar-refractivity contribution in [3.63, 3.8) is 0 Å². The lowest BCUT2D eigenvalue weighted by molar-refractivity contribution is -0.110. The fraction of sp³-hybridized carbons (Fsp3) is 0. The molecular weight excluding hydrogens is 332 g/mol. The highest BCUT2D eigenvalue weighted by molar-refractivity contribution is 6.44. The van der Waals surface area contributed by atoms with Crippen LogP contribution in [0.4, 0.5) is 0 Å². The molecule has 3 aromatic rings. The van der Waals surface area contributed by atoms with Gasteiger partial charge in [0.1, 0.15) is 5.76 Å². The van der Waals surface area contributed by atoms with Crippen molar-refractivity contribution in [1.29, 1.82) is 0 Å². The van der Waals surface area contributed by atoms with E-state index in [4.69, 9.17) is 0 Å². The number of fused-ring (bicyclic) bond motifs is 3. The first-order valence-corrected chi connectivity index (χ1v) is 8.90. The van der Waals surface area contributed by atoms with Crippen LogP contribution < -0.4 is 0 Å². The molecule has 0 bridgehead atoms. The number of rotatable bonds is 2. The third-order valence-electron chi connectivity index (χ3n) is 5.12. The van der Waals surface area contributed by atoms with Crippen LogP contribution in [0.2, 0.25) is 0 Å². The summed E-state index contributed by atoms with van der Waals surface area (Å²) in [5, 5.41) is 11.3. The Morgan fingerprint density at radius 2 is 1.15 bits per heavy atom. The fourth-order valence-corrected chi connectivity index (χ4v) is 3.92. The number of Topliss-reactive ketones (excluding diaryl/α,β-unsaturated/α-hetero) is 1. The third-order valence-corrected chi connectivity index (χ3v) is 5.12. The zero-order valence-electron chi connectivity index (χ0n) is 14.5. The van der Waals surface area contributed by atoms with E-state index in [-0.39, 0.29) is 11.5 Å². The van der Waals surface area contributed by atoms with E-state index in [0.717, 1.165) is 22.3 Å². The number of hydrogen-bond donors (Lipinski definition) is 1. The Balaban J connectivity index is 1.87. The smallest absolute Gasteiger partial charge is 0.195 e. The van der Waals surface area contributed by atoms with Gasteiger partial charge in [-0.05, 0) is 28.3 Å². The monoisotopic (exact) mass is 348 g/mol. The number of carbonyl (C=O) groups is 1. The standard InChI is InChI=1S/C25H16O2/c26-24-20-15-18-13-7-8-14-19(18)23(20)25(27)22(17-11-5-2-6-12-17)21(24)16-9-3-1-4-10-16/h1-15,27H. The molecule has 0 radical (unpaired) electrons. The van der Waals surface area contributed by atoms with Crippen LogP contribution >= 0.6 is 0 Å². The van der Waals surface area contributed by atoms with Crippen LogP contribution in [0.1, 0.15) is 22.3 Å². The molecule has 0 fully saturated rings. The van der Waals surface area contributed by atoms with Gasteiger partial charge in [-0.25, -0.2) is 0 Å². The molecule has 0 unspecified atom stereocenters. The summed E-state index contributed by atoms with van der Waals surface area (Å²) in [6.45, 7) is 0. The Hall–Kier alpha value is -3.65. The quantitative estimate of drug-likeness (QED) is 0.659. The van der Waals surface area contributed by atoms with Crippen molar-refractivity contribution in [3.05, 3.63) is 119 Å². The van der Waals surface area contributed by atoms with Crippen LogP contribution in [-0.4, -0.2) is 10.9 Å². The van der Waals surface area contributed by atoms with E-state index in [9.17, 15) is 9.90 Å². The molecule has 0 saturated carbocycles. The second-order valence-electron chi connectivity index (χ2n) is 6.68. The fourth-order valence-electron chi connectivity index (χ4n) is 3.92. The number of aliphatic hydroxyl groups excluding tert-OH is 1. The van der Waals surface area contributed by atoms with Gasteiger partial charge in [0, 0.05) is 22.3 Å². The van der Waals surface area contributed by atoms with Crippen LogP contribution in [0.15, 0.2) is 96.3 Å². The first-order chi connectivity index (χ1) is 13.3. The Morgan fingerprint density at radius 1 is 0.593 bits per heavy atom. The summed E-state index contributed by atoms with van der Waals surface area (Å²) in [6.07, 6.45) is 1.88. The summed E-state index contributed by atoms with van der Waals surface area (Å²) in [4.78, 5) is 13.5. The van der Waals surface area contributed by atoms with Gasteiger partial charge in [-0.1, -0.05) is 84.9 Å². The normalized spacial score (nSPS) is 15.6. The molecule has 128 valence electrons. The maximum absolute atomic E-state index is 13.5. The van der Waals surface area contributed by atoms with Crippen LogP contribution in [0, 0.1) is 0 Å². The first kappa shape index (κ1) is 15.6. The highest BCUT2D eigenvalue weighted by Gasteiger charge is 2.37. The lowest BCUT2D eigenvalue weighted by Crippen LogP contribution is -2.15. The van der Waals surface area contributed by atoms with Gasteiger partial charge in [0.2, 0.25) is 0 Å². The topological polar surface area (TPSA) is 37.3 Å². The average Bonchev–Trinajstić information content (AvgIpc) is 3.12. The Morgan fingerprint density at radius 3 is 1.81 bits per heavy atom. The summed E-state index contributed by atoms with van der Waals surface area (Å²) in [6, 6.07) is 27.0. The Bertz CT molecular complexity index is 1160. The number of aliphatic hydroxyl groups is 1. The van der Waals surface area contributed by atoms with Gasteiger partial charge >= 0.3 is 0 Å². The van der Waals surface area contributed by atoms with Crippen LogP contribution in [0.5, 0.6) is 0 Å². The molecular formula is C25H16O2. The van der Waals surface area contributed by atoms with Crippen LogP contribution in [0.25, 0.3) is 22.8 Å². The lowest BCUT2D eigenvalue weighted by atomic mass is 9.80. The molecule has 5 rings (SSSR count). The predicted octanol–water partition coefficient (Wildman–Crippen LogP) is 5.55. The van der Waals surface area contributed by atoms with Crippen molar-refractivity contribution in [2.75, 3.05) is 0 Å². The second kappa shape index (κ2) is 5.96. The highest BCUT2D eigenvalue weighted by atomic mass is 16.3. The number of ketones is 1. The van der Waals surface area contributed by atoms with Gasteiger partial charge < -0.3 is 5.11 Å². The Labute approximate surface area is 157 Å². The van der Waals surface area contributed by atoms with Crippen molar-refractivity contribution in [2.24, 2.45) is 0 Å². The molecule has 27 heavy (non-hydrogen) atoms. The van der Waals surface area contributed by atoms with Gasteiger partial charge in [0.05, 0.1) is 0 Å². The molecule has 0 spiro atoms. The molecule has 0 saturated heterocycles. The van der Waals surface area contributed by atoms with E-state index in [0.29, 0.717) is 22.3 Å². The van der Waals surface area contributed by atoms with Crippen molar-refractivity contribution in [2.45, 2.75) is 0 Å². The van der Waals surface area contributed by atoms with Crippen LogP contribution in [-0.2, 0) is 4.79 Å². The molecule has 0 atom stereocenters. The molecule has 0 aromatic heterocycles. The van der Waals surface area contributed by atoms with E-state index >= 15 is 0 Å². The van der Waals surface area contributed by atoms with Crippen molar-refractivity contribution in [1.82, 2.24) is 0 Å². The minimum Gasteiger partial charge on any atom is -0.507 e. The number of hydrogen-bond acceptors (Lipinski definition) is 2. The Kier molecular flexibility index (Phi) is 3.44. The van der Waals surface area contributed by atoms with Gasteiger partial charge in [0.15, 0.2) is 5.78 Å². The second-order valence-corrected chi connectivity index (χ2v) is 6.68. The van der Waals surface area contributed by atoms with Gasteiger partial charge in [-0.2, -0.15) is 0 Å². The summed E-state index contributed by atoms with van der Waals surface area (Å²) in [7, 11) is 0. The maximum atomic E-state index is 13.5. The van der Waals surface area contributed by atoms with E-state index in [1.165, 1.54) is 0 Å². The molecule has 2 aliphatic carbocycles. The van der Waals surface area contributed by atoms with E-state index in [1.807, 2.05) is 91.0 Å². The summed E-state index contributed by atoms with van der Waals surface area (Å²) in [5.41, 5.74) is 5.84. The van der Waals surface area contributed by atoms with E-state index < -0.39 is 0 Å². The third kappa shape index (κ3) is 2.31. The zero-order chi connectivity index (χ0) is 18.4. The molecule has 3 aromatic carbocycles. The number of benzene rings is 3. The molecule has 2 aliphatic rings. The highest BCUT2D eigenvalue weighted by Crippen LogP contribution is 2.48. The molecule has 0 amide bonds. The van der Waals surface area contributed by atoms with Crippen molar-refractivity contribution >= 4 is 28.6 Å². The number of carbonyl (C=O) groups excluding carboxylic acids is 1. The minimum absolute atomic E-state index is 0.0518.